The molecule has 6 heteroatoms. The van der Waals surface area contributed by atoms with E-state index in [1.54, 1.807) is 0 Å². The van der Waals surface area contributed by atoms with Crippen LogP contribution in [-0.2, 0) is 9.59 Å². The summed E-state index contributed by atoms with van der Waals surface area (Å²) in [7, 11) is 0. The fourth-order valence-corrected chi connectivity index (χ4v) is 4.43. The molecule has 2 aliphatic heterocycles. The maximum absolute atomic E-state index is 12.3. The molecule has 2 saturated heterocycles. The van der Waals surface area contributed by atoms with Crippen LogP contribution in [0.2, 0.25) is 0 Å². The highest BCUT2D eigenvalue weighted by Gasteiger charge is 2.29. The minimum atomic E-state index is 0.143. The Morgan fingerprint density at radius 1 is 0.929 bits per heavy atom. The van der Waals surface area contributed by atoms with Gasteiger partial charge in [0.25, 0.3) is 0 Å². The average molecular weight is 395 g/mol. The van der Waals surface area contributed by atoms with E-state index in [9.17, 15) is 9.59 Å². The smallest absolute Gasteiger partial charge is 0.224 e. The molecule has 0 aromatic heterocycles. The number of hydrogen-bond acceptors (Lipinski definition) is 4. The summed E-state index contributed by atoms with van der Waals surface area (Å²) in [4.78, 5) is 29.6. The summed E-state index contributed by atoms with van der Waals surface area (Å²) in [6, 6.07) is 0.482. The predicted octanol–water partition coefficient (Wildman–Crippen LogP) is 2.24. The zero-order valence-corrected chi connectivity index (χ0v) is 18.3. The Morgan fingerprint density at radius 3 is 2.11 bits per heavy atom. The second-order valence-corrected chi connectivity index (χ2v) is 8.69. The number of hydrogen-bond donors (Lipinski definition) is 2. The Morgan fingerprint density at radius 2 is 1.50 bits per heavy atom. The molecule has 2 aliphatic rings. The van der Waals surface area contributed by atoms with Gasteiger partial charge in [-0.2, -0.15) is 0 Å². The molecule has 0 bridgehead atoms. The van der Waals surface area contributed by atoms with E-state index in [1.165, 1.54) is 0 Å². The molecule has 28 heavy (non-hydrogen) atoms. The number of piperidine rings is 2. The lowest BCUT2D eigenvalue weighted by Gasteiger charge is -2.38. The molecule has 2 N–H and O–H groups in total. The van der Waals surface area contributed by atoms with Gasteiger partial charge in [0.1, 0.15) is 0 Å². The Bertz CT molecular complexity index is 485. The molecule has 2 rings (SSSR count). The van der Waals surface area contributed by atoms with Crippen molar-refractivity contribution >= 4 is 11.8 Å². The first-order valence-corrected chi connectivity index (χ1v) is 11.6. The van der Waals surface area contributed by atoms with Crippen LogP contribution in [0.25, 0.3) is 0 Å². The van der Waals surface area contributed by atoms with E-state index in [2.05, 4.69) is 41.2 Å². The highest BCUT2D eigenvalue weighted by atomic mass is 16.2. The lowest BCUT2D eigenvalue weighted by Crippen LogP contribution is -2.48. The Kier molecular flexibility index (Phi) is 10.3. The van der Waals surface area contributed by atoms with Crippen molar-refractivity contribution in [3.8, 4) is 0 Å². The minimum absolute atomic E-state index is 0.143. The zero-order valence-electron chi connectivity index (χ0n) is 18.3. The number of amides is 2. The number of nitrogens with one attached hydrogen (secondary N) is 2. The molecular weight excluding hydrogens is 352 g/mol. The molecule has 2 heterocycles. The molecular formula is C22H42N4O2. The van der Waals surface area contributed by atoms with E-state index >= 15 is 0 Å². The third-order valence-corrected chi connectivity index (χ3v) is 6.28. The second-order valence-electron chi connectivity index (χ2n) is 8.69. The van der Waals surface area contributed by atoms with Gasteiger partial charge in [-0.1, -0.05) is 13.8 Å². The van der Waals surface area contributed by atoms with Gasteiger partial charge >= 0.3 is 0 Å². The number of nitrogens with zero attached hydrogens (tertiary/aromatic N) is 2. The van der Waals surface area contributed by atoms with E-state index in [1.807, 2.05) is 0 Å². The van der Waals surface area contributed by atoms with Crippen molar-refractivity contribution in [3.63, 3.8) is 0 Å². The first-order valence-electron chi connectivity index (χ1n) is 11.6. The van der Waals surface area contributed by atoms with Gasteiger partial charge < -0.3 is 15.5 Å². The van der Waals surface area contributed by atoms with E-state index in [0.29, 0.717) is 6.04 Å². The number of carbonyl (C=O) groups excluding carboxylic acids is 2. The van der Waals surface area contributed by atoms with Crippen LogP contribution in [0.1, 0.15) is 65.7 Å². The van der Waals surface area contributed by atoms with Gasteiger partial charge in [-0.05, 0) is 71.5 Å². The normalized spacial score (nSPS) is 25.2. The fraction of sp³-hybridized carbons (Fsp3) is 0.909. The van der Waals surface area contributed by atoms with Crippen LogP contribution in [0.3, 0.4) is 0 Å². The van der Waals surface area contributed by atoms with Crippen molar-refractivity contribution in [2.45, 2.75) is 71.8 Å². The Hall–Kier alpha value is -1.14. The number of rotatable bonds is 10. The highest BCUT2D eigenvalue weighted by molar-refractivity contribution is 5.79. The standard InChI is InChI=1S/C22H42N4O2/c1-4-11-23-21(27)19-8-6-13-25(16-19)15-10-18(3)26-14-7-9-20(17-26)22(28)24-12-5-2/h18-20H,4-17H2,1-3H3,(H,23,27)(H,24,28). The van der Waals surface area contributed by atoms with E-state index in [0.717, 1.165) is 90.8 Å². The Labute approximate surface area is 171 Å². The van der Waals surface area contributed by atoms with E-state index < -0.39 is 0 Å². The molecule has 0 aromatic rings. The minimum Gasteiger partial charge on any atom is -0.356 e. The fourth-order valence-electron chi connectivity index (χ4n) is 4.43. The van der Waals surface area contributed by atoms with Crippen LogP contribution in [0, 0.1) is 11.8 Å². The molecule has 0 aromatic carbocycles. The first kappa shape index (κ1) is 23.1. The summed E-state index contributed by atoms with van der Waals surface area (Å²) in [6.07, 6.45) is 7.34. The van der Waals surface area contributed by atoms with Crippen LogP contribution in [0.15, 0.2) is 0 Å². The molecule has 6 nitrogen and oxygen atoms in total. The highest BCUT2D eigenvalue weighted by Crippen LogP contribution is 2.21. The monoisotopic (exact) mass is 394 g/mol. The van der Waals surface area contributed by atoms with Crippen molar-refractivity contribution in [1.29, 1.82) is 0 Å². The first-order chi connectivity index (χ1) is 13.5. The Balaban J connectivity index is 1.74. The largest absolute Gasteiger partial charge is 0.356 e. The zero-order chi connectivity index (χ0) is 20.4. The van der Waals surface area contributed by atoms with E-state index in [4.69, 9.17) is 0 Å². The van der Waals surface area contributed by atoms with Gasteiger partial charge in [-0.3, -0.25) is 14.5 Å². The van der Waals surface area contributed by atoms with Crippen molar-refractivity contribution < 1.29 is 9.59 Å². The molecule has 0 radical (unpaired) electrons. The molecule has 0 saturated carbocycles. The molecule has 2 amide bonds. The predicted molar refractivity (Wildman–Crippen MR) is 114 cm³/mol. The molecule has 3 atom stereocenters. The van der Waals surface area contributed by atoms with Gasteiger partial charge in [-0.25, -0.2) is 0 Å². The molecule has 2 fully saturated rings. The van der Waals surface area contributed by atoms with Crippen LogP contribution >= 0.6 is 0 Å². The lowest BCUT2D eigenvalue weighted by atomic mass is 9.94. The number of carbonyl (C=O) groups is 2. The van der Waals surface area contributed by atoms with Gasteiger partial charge in [0.05, 0.1) is 11.8 Å². The second kappa shape index (κ2) is 12.4. The topological polar surface area (TPSA) is 64.7 Å². The van der Waals surface area contributed by atoms with Crippen molar-refractivity contribution in [2.24, 2.45) is 11.8 Å². The summed E-state index contributed by atoms with van der Waals surface area (Å²) in [5, 5.41) is 6.12. The summed E-state index contributed by atoms with van der Waals surface area (Å²) in [5.41, 5.74) is 0. The van der Waals surface area contributed by atoms with Gasteiger partial charge in [0.2, 0.25) is 11.8 Å². The van der Waals surface area contributed by atoms with Gasteiger partial charge in [0.15, 0.2) is 0 Å². The quantitative estimate of drug-likeness (QED) is 0.596. The summed E-state index contributed by atoms with van der Waals surface area (Å²) in [5.74, 6) is 0.758. The summed E-state index contributed by atoms with van der Waals surface area (Å²) in [6.45, 7) is 13.1. The summed E-state index contributed by atoms with van der Waals surface area (Å²) >= 11 is 0. The maximum atomic E-state index is 12.3. The SMILES string of the molecule is CCCNC(=O)C1CCCN(CCC(C)N2CCCC(C(=O)NCCC)C2)C1. The van der Waals surface area contributed by atoms with Crippen molar-refractivity contribution in [2.75, 3.05) is 45.8 Å². The van der Waals surface area contributed by atoms with Crippen LogP contribution < -0.4 is 10.6 Å². The van der Waals surface area contributed by atoms with Gasteiger partial charge in [-0.15, -0.1) is 0 Å². The third-order valence-electron chi connectivity index (χ3n) is 6.28. The van der Waals surface area contributed by atoms with Gasteiger partial charge in [0, 0.05) is 32.2 Å². The summed E-state index contributed by atoms with van der Waals surface area (Å²) < 4.78 is 0. The van der Waals surface area contributed by atoms with Crippen LogP contribution in [0.5, 0.6) is 0 Å². The maximum Gasteiger partial charge on any atom is 0.224 e. The van der Waals surface area contributed by atoms with Crippen LogP contribution in [0.4, 0.5) is 0 Å². The molecule has 162 valence electrons. The van der Waals surface area contributed by atoms with Crippen LogP contribution in [-0.4, -0.2) is 73.5 Å². The number of likely N-dealkylation sites (tertiary alicyclic amines) is 2. The average Bonchev–Trinajstić information content (AvgIpc) is 2.74. The third kappa shape index (κ3) is 7.36. The van der Waals surface area contributed by atoms with Crippen molar-refractivity contribution in [1.82, 2.24) is 20.4 Å². The van der Waals surface area contributed by atoms with E-state index in [-0.39, 0.29) is 23.7 Å². The molecule has 3 unspecified atom stereocenters. The molecule has 0 spiro atoms. The van der Waals surface area contributed by atoms with Crippen molar-refractivity contribution in [3.05, 3.63) is 0 Å². The molecule has 0 aliphatic carbocycles. The lowest BCUT2D eigenvalue weighted by molar-refractivity contribution is -0.127.